The number of methoxy groups -OCH3 is 1. The molecule has 0 heterocycles. The van der Waals surface area contributed by atoms with Crippen molar-refractivity contribution >= 4 is 40.8 Å². The monoisotopic (exact) mass is 493 g/mol. The summed E-state index contributed by atoms with van der Waals surface area (Å²) in [6, 6.07) is 17.2. The first-order valence-electron chi connectivity index (χ1n) is 10.2. The van der Waals surface area contributed by atoms with Crippen molar-refractivity contribution in [3.05, 3.63) is 105 Å². The van der Waals surface area contributed by atoms with Crippen LogP contribution in [0.2, 0.25) is 10.0 Å². The summed E-state index contributed by atoms with van der Waals surface area (Å²) in [5.74, 6) is 0.0207. The van der Waals surface area contributed by atoms with Gasteiger partial charge in [-0.15, -0.1) is 6.58 Å². The lowest BCUT2D eigenvalue weighted by Crippen LogP contribution is -2.02. The van der Waals surface area contributed by atoms with Gasteiger partial charge >= 0.3 is 5.97 Å². The number of aromatic carboxylic acids is 1. The van der Waals surface area contributed by atoms with E-state index in [2.05, 4.69) is 12.6 Å². The smallest absolute Gasteiger partial charge is 0.335 e. The van der Waals surface area contributed by atoms with Gasteiger partial charge in [-0.1, -0.05) is 47.5 Å². The van der Waals surface area contributed by atoms with E-state index >= 15 is 0 Å². The normalized spacial score (nSPS) is 10.9. The number of allylic oxidation sites excluding steroid dienone is 2. The van der Waals surface area contributed by atoms with Gasteiger partial charge in [0.1, 0.15) is 6.61 Å². The standard InChI is InChI=1S/C27H21Cl2NO4/c1-3-4-20-11-17(12-22(15-30)18-5-7-19(8-6-18)27(31)32)13-25(33-2)26(20)34-16-21-9-10-23(28)14-24(21)29/h3,5-14H,1,4,16H2,2H3,(H,31,32)/b22-12-. The van der Waals surface area contributed by atoms with Crippen LogP contribution in [0.25, 0.3) is 11.6 Å². The zero-order valence-electron chi connectivity index (χ0n) is 18.3. The van der Waals surface area contributed by atoms with Crippen molar-refractivity contribution < 1.29 is 19.4 Å². The van der Waals surface area contributed by atoms with Gasteiger partial charge in [0, 0.05) is 21.2 Å². The Labute approximate surface area is 208 Å². The van der Waals surface area contributed by atoms with E-state index in [1.54, 1.807) is 55.7 Å². The molecule has 3 aromatic rings. The van der Waals surface area contributed by atoms with Gasteiger partial charge in [0.15, 0.2) is 11.5 Å². The Kier molecular flexibility index (Phi) is 8.37. The Morgan fingerprint density at radius 3 is 2.38 bits per heavy atom. The van der Waals surface area contributed by atoms with E-state index in [0.29, 0.717) is 39.1 Å². The second-order valence-corrected chi connectivity index (χ2v) is 8.12. The molecule has 0 amide bonds. The summed E-state index contributed by atoms with van der Waals surface area (Å²) in [4.78, 5) is 11.1. The lowest BCUT2D eigenvalue weighted by Gasteiger charge is -2.16. The van der Waals surface area contributed by atoms with E-state index in [9.17, 15) is 10.1 Å². The zero-order chi connectivity index (χ0) is 24.7. The average Bonchev–Trinajstić information content (AvgIpc) is 2.82. The summed E-state index contributed by atoms with van der Waals surface area (Å²) in [6.07, 6.45) is 3.97. The summed E-state index contributed by atoms with van der Waals surface area (Å²) in [5.41, 5.74) is 3.46. The predicted molar refractivity (Wildman–Crippen MR) is 135 cm³/mol. The van der Waals surface area contributed by atoms with E-state index in [4.69, 9.17) is 37.8 Å². The summed E-state index contributed by atoms with van der Waals surface area (Å²) >= 11 is 12.2. The molecule has 0 aliphatic carbocycles. The first-order valence-corrected chi connectivity index (χ1v) is 11.0. The summed E-state index contributed by atoms with van der Waals surface area (Å²) in [5, 5.41) is 19.8. The molecule has 0 atom stereocenters. The Morgan fingerprint density at radius 1 is 1.09 bits per heavy atom. The maximum absolute atomic E-state index is 11.1. The third-order valence-corrected chi connectivity index (χ3v) is 5.59. The molecule has 0 unspecified atom stereocenters. The van der Waals surface area contributed by atoms with Crippen LogP contribution in [-0.2, 0) is 13.0 Å². The Bertz CT molecular complexity index is 1290. The molecule has 0 aliphatic rings. The van der Waals surface area contributed by atoms with Crippen LogP contribution in [0.15, 0.2) is 67.3 Å². The predicted octanol–water partition coefficient (Wildman–Crippen LogP) is 7.07. The van der Waals surface area contributed by atoms with Crippen molar-refractivity contribution in [1.29, 1.82) is 5.26 Å². The van der Waals surface area contributed by atoms with Gasteiger partial charge in [-0.25, -0.2) is 4.79 Å². The van der Waals surface area contributed by atoms with Crippen LogP contribution in [-0.4, -0.2) is 18.2 Å². The number of halogens is 2. The van der Waals surface area contributed by atoms with Crippen LogP contribution in [0.4, 0.5) is 0 Å². The molecule has 3 aromatic carbocycles. The number of ether oxygens (including phenoxy) is 2. The Hall–Kier alpha value is -3.72. The summed E-state index contributed by atoms with van der Waals surface area (Å²) < 4.78 is 11.7. The number of hydrogen-bond donors (Lipinski definition) is 1. The first-order chi connectivity index (χ1) is 16.4. The van der Waals surface area contributed by atoms with E-state index in [0.717, 1.165) is 16.7 Å². The molecule has 1 N–H and O–H groups in total. The molecule has 7 heteroatoms. The van der Waals surface area contributed by atoms with Gasteiger partial charge in [-0.2, -0.15) is 5.26 Å². The molecule has 0 saturated carbocycles. The summed E-state index contributed by atoms with van der Waals surface area (Å²) in [7, 11) is 1.54. The highest BCUT2D eigenvalue weighted by Crippen LogP contribution is 2.36. The number of hydrogen-bond acceptors (Lipinski definition) is 4. The highest BCUT2D eigenvalue weighted by molar-refractivity contribution is 6.35. The van der Waals surface area contributed by atoms with Crippen LogP contribution in [0.3, 0.4) is 0 Å². The number of carboxylic acids is 1. The SMILES string of the molecule is C=CCc1cc(/C=C(/C#N)c2ccc(C(=O)O)cc2)cc(OC)c1OCc1ccc(Cl)cc1Cl. The lowest BCUT2D eigenvalue weighted by molar-refractivity contribution is 0.0697. The van der Waals surface area contributed by atoms with Gasteiger partial charge in [-0.3, -0.25) is 0 Å². The third-order valence-electron chi connectivity index (χ3n) is 5.00. The van der Waals surface area contributed by atoms with Gasteiger partial charge in [-0.05, 0) is 60.0 Å². The van der Waals surface area contributed by atoms with Crippen LogP contribution in [0.5, 0.6) is 11.5 Å². The number of carboxylic acid groups (broad SMARTS) is 1. The minimum atomic E-state index is -1.02. The van der Waals surface area contributed by atoms with Crippen molar-refractivity contribution in [2.24, 2.45) is 0 Å². The van der Waals surface area contributed by atoms with Crippen LogP contribution < -0.4 is 9.47 Å². The second-order valence-electron chi connectivity index (χ2n) is 7.28. The number of carbonyl (C=O) groups is 1. The molecular formula is C27H21Cl2NO4. The minimum absolute atomic E-state index is 0.151. The number of rotatable bonds is 9. The molecule has 0 bridgehead atoms. The highest BCUT2D eigenvalue weighted by Gasteiger charge is 2.14. The number of nitriles is 1. The lowest BCUT2D eigenvalue weighted by atomic mass is 10.00. The van der Waals surface area contributed by atoms with E-state index in [1.165, 1.54) is 12.1 Å². The maximum Gasteiger partial charge on any atom is 0.335 e. The molecule has 0 saturated heterocycles. The van der Waals surface area contributed by atoms with Gasteiger partial charge in [0.05, 0.1) is 24.3 Å². The molecule has 5 nitrogen and oxygen atoms in total. The topological polar surface area (TPSA) is 79.6 Å². The van der Waals surface area contributed by atoms with Gasteiger partial charge in [0.25, 0.3) is 0 Å². The molecular weight excluding hydrogens is 473 g/mol. The van der Waals surface area contributed by atoms with E-state index < -0.39 is 5.97 Å². The van der Waals surface area contributed by atoms with E-state index in [1.807, 2.05) is 6.07 Å². The fraction of sp³-hybridized carbons (Fsp3) is 0.111. The maximum atomic E-state index is 11.1. The Balaban J connectivity index is 1.97. The zero-order valence-corrected chi connectivity index (χ0v) is 19.9. The van der Waals surface area contributed by atoms with Crippen molar-refractivity contribution in [1.82, 2.24) is 0 Å². The largest absolute Gasteiger partial charge is 0.493 e. The second kappa shape index (κ2) is 11.4. The van der Waals surface area contributed by atoms with Crippen LogP contribution >= 0.6 is 23.2 Å². The van der Waals surface area contributed by atoms with Crippen LogP contribution in [0, 0.1) is 11.3 Å². The summed E-state index contributed by atoms with van der Waals surface area (Å²) in [6.45, 7) is 4.04. The van der Waals surface area contributed by atoms with E-state index in [-0.39, 0.29) is 12.2 Å². The molecule has 0 fully saturated rings. The van der Waals surface area contributed by atoms with Gasteiger partial charge < -0.3 is 14.6 Å². The number of benzene rings is 3. The molecule has 0 radical (unpaired) electrons. The quantitative estimate of drug-likeness (QED) is 0.196. The van der Waals surface area contributed by atoms with Gasteiger partial charge in [0.2, 0.25) is 0 Å². The van der Waals surface area contributed by atoms with Crippen molar-refractivity contribution in [2.45, 2.75) is 13.0 Å². The Morgan fingerprint density at radius 2 is 1.79 bits per heavy atom. The minimum Gasteiger partial charge on any atom is -0.493 e. The van der Waals surface area contributed by atoms with Crippen molar-refractivity contribution in [3.63, 3.8) is 0 Å². The molecule has 3 rings (SSSR count). The average molecular weight is 494 g/mol. The molecule has 0 aromatic heterocycles. The third kappa shape index (κ3) is 5.99. The van der Waals surface area contributed by atoms with Crippen molar-refractivity contribution in [2.75, 3.05) is 7.11 Å². The first kappa shape index (κ1) is 24.9. The van der Waals surface area contributed by atoms with Crippen LogP contribution in [0.1, 0.15) is 32.6 Å². The molecule has 0 spiro atoms. The fourth-order valence-electron chi connectivity index (χ4n) is 3.32. The fourth-order valence-corrected chi connectivity index (χ4v) is 3.78. The molecule has 0 aliphatic heterocycles. The van der Waals surface area contributed by atoms with Crippen molar-refractivity contribution in [3.8, 4) is 17.6 Å². The number of nitrogens with zero attached hydrogens (tertiary/aromatic N) is 1. The molecule has 172 valence electrons. The molecule has 34 heavy (non-hydrogen) atoms. The highest BCUT2D eigenvalue weighted by atomic mass is 35.5.